The van der Waals surface area contributed by atoms with E-state index in [1.165, 1.54) is 12.0 Å². The first-order chi connectivity index (χ1) is 20.2. The molecule has 0 radical (unpaired) electrons. The summed E-state index contributed by atoms with van der Waals surface area (Å²) in [6.45, 7) is -0.497. The van der Waals surface area contributed by atoms with Gasteiger partial charge in [-0.3, -0.25) is 13.9 Å². The first-order valence-corrected chi connectivity index (χ1v) is 16.4. The van der Waals surface area contributed by atoms with Gasteiger partial charge in [0, 0.05) is 24.0 Å². The summed E-state index contributed by atoms with van der Waals surface area (Å²) in [7, 11) is -2.47. The molecule has 1 aliphatic rings. The van der Waals surface area contributed by atoms with E-state index in [0.29, 0.717) is 16.3 Å². The molecule has 0 heterocycles. The highest BCUT2D eigenvalue weighted by molar-refractivity contribution is 7.92. The summed E-state index contributed by atoms with van der Waals surface area (Å²) in [5.74, 6) is -0.496. The Balaban J connectivity index is 1.75. The number of ether oxygens (including phenoxy) is 1. The molecule has 1 aliphatic carbocycles. The highest BCUT2D eigenvalue weighted by Crippen LogP contribution is 2.30. The summed E-state index contributed by atoms with van der Waals surface area (Å²) in [5.41, 5.74) is 1.77. The maximum absolute atomic E-state index is 14.3. The third-order valence-electron chi connectivity index (χ3n) is 7.55. The fourth-order valence-electron chi connectivity index (χ4n) is 5.34. The van der Waals surface area contributed by atoms with E-state index in [1.54, 1.807) is 42.5 Å². The van der Waals surface area contributed by atoms with E-state index in [9.17, 15) is 18.0 Å². The van der Waals surface area contributed by atoms with Crippen molar-refractivity contribution in [2.24, 2.45) is 0 Å². The van der Waals surface area contributed by atoms with Crippen LogP contribution in [0.25, 0.3) is 0 Å². The van der Waals surface area contributed by atoms with E-state index >= 15 is 0 Å². The normalized spacial score (nSPS) is 14.5. The average Bonchev–Trinajstić information content (AvgIpc) is 2.99. The number of rotatable bonds is 12. The molecule has 1 atom stereocenters. The minimum atomic E-state index is -3.91. The fourth-order valence-corrected chi connectivity index (χ4v) is 6.39. The first kappa shape index (κ1) is 31.4. The molecule has 10 heteroatoms. The van der Waals surface area contributed by atoms with E-state index in [1.807, 2.05) is 36.4 Å². The van der Waals surface area contributed by atoms with Crippen LogP contribution >= 0.6 is 11.6 Å². The van der Waals surface area contributed by atoms with Gasteiger partial charge in [0.25, 0.3) is 0 Å². The van der Waals surface area contributed by atoms with Crippen LogP contribution in [0.15, 0.2) is 78.9 Å². The van der Waals surface area contributed by atoms with E-state index in [2.05, 4.69) is 5.32 Å². The van der Waals surface area contributed by atoms with Crippen LogP contribution in [-0.4, -0.2) is 57.1 Å². The zero-order valence-electron chi connectivity index (χ0n) is 24.0. The summed E-state index contributed by atoms with van der Waals surface area (Å²) in [4.78, 5) is 29.7. The number of anilines is 1. The number of para-hydroxylation sites is 2. The molecule has 1 unspecified atom stereocenters. The number of nitrogens with one attached hydrogen (secondary N) is 1. The van der Waals surface area contributed by atoms with Gasteiger partial charge in [-0.25, -0.2) is 8.42 Å². The molecule has 1 saturated carbocycles. The van der Waals surface area contributed by atoms with Crippen LogP contribution in [0.5, 0.6) is 5.75 Å². The smallest absolute Gasteiger partial charge is 0.244 e. The Hall–Kier alpha value is -3.56. The molecule has 1 N–H and O–H groups in total. The number of hydrogen-bond donors (Lipinski definition) is 1. The van der Waals surface area contributed by atoms with Gasteiger partial charge >= 0.3 is 0 Å². The van der Waals surface area contributed by atoms with Gasteiger partial charge in [0.05, 0.1) is 19.1 Å². The third-order valence-corrected chi connectivity index (χ3v) is 9.05. The van der Waals surface area contributed by atoms with Crippen molar-refractivity contribution >= 4 is 39.1 Å². The second-order valence-corrected chi connectivity index (χ2v) is 12.9. The molecule has 3 aromatic rings. The number of benzene rings is 3. The minimum Gasteiger partial charge on any atom is -0.495 e. The predicted octanol–water partition coefficient (Wildman–Crippen LogP) is 5.20. The van der Waals surface area contributed by atoms with E-state index < -0.39 is 28.5 Å². The van der Waals surface area contributed by atoms with E-state index in [0.717, 1.165) is 48.2 Å². The number of carbonyl (C=O) groups is 2. The lowest BCUT2D eigenvalue weighted by atomic mass is 9.94. The highest BCUT2D eigenvalue weighted by Gasteiger charge is 2.34. The lowest BCUT2D eigenvalue weighted by Crippen LogP contribution is -2.55. The summed E-state index contributed by atoms with van der Waals surface area (Å²) in [5, 5.41) is 3.64. The minimum absolute atomic E-state index is 0.0254. The van der Waals surface area contributed by atoms with Crippen molar-refractivity contribution in [3.63, 3.8) is 0 Å². The third kappa shape index (κ3) is 8.26. The Kier molecular flexibility index (Phi) is 10.9. The maximum atomic E-state index is 14.3. The number of methoxy groups -OCH3 is 1. The van der Waals surface area contributed by atoms with Crippen LogP contribution in [0.4, 0.5) is 5.69 Å². The van der Waals surface area contributed by atoms with Gasteiger partial charge in [-0.1, -0.05) is 91.5 Å². The molecule has 0 aliphatic heterocycles. The maximum Gasteiger partial charge on any atom is 0.244 e. The molecule has 3 aromatic carbocycles. The Labute approximate surface area is 253 Å². The van der Waals surface area contributed by atoms with Gasteiger partial charge in [-0.2, -0.15) is 0 Å². The molecule has 1 fully saturated rings. The van der Waals surface area contributed by atoms with Crippen molar-refractivity contribution in [3.8, 4) is 5.75 Å². The standard InChI is InChI=1S/C32H38ClN3O5S/c1-41-30-20-12-11-19-28(30)36(42(2,39)40)23-31(37)35(22-25-15-9-10-18-27(25)33)29(21-24-13-5-3-6-14-24)32(38)34-26-16-7-4-8-17-26/h3,5-6,9-15,18-20,26,29H,4,7-8,16-17,21-23H2,1-2H3,(H,34,38). The van der Waals surface area contributed by atoms with Crippen molar-refractivity contribution in [3.05, 3.63) is 95.0 Å². The van der Waals surface area contributed by atoms with Gasteiger partial charge < -0.3 is 15.0 Å². The zero-order valence-corrected chi connectivity index (χ0v) is 25.6. The predicted molar refractivity (Wildman–Crippen MR) is 166 cm³/mol. The van der Waals surface area contributed by atoms with Crippen LogP contribution in [0.1, 0.15) is 43.2 Å². The number of sulfonamides is 1. The number of carbonyl (C=O) groups excluding carboxylic acids is 2. The SMILES string of the molecule is COc1ccccc1N(CC(=O)N(Cc1ccccc1Cl)C(Cc1ccccc1)C(=O)NC1CCCCC1)S(C)(=O)=O. The second-order valence-electron chi connectivity index (χ2n) is 10.6. The Morgan fingerprint density at radius 1 is 0.952 bits per heavy atom. The van der Waals surface area contributed by atoms with E-state index in [4.69, 9.17) is 16.3 Å². The summed E-state index contributed by atoms with van der Waals surface area (Å²) in [6, 6.07) is 22.4. The number of nitrogens with zero attached hydrogens (tertiary/aromatic N) is 2. The van der Waals surface area contributed by atoms with Crippen molar-refractivity contribution in [2.45, 2.75) is 57.2 Å². The molecule has 42 heavy (non-hydrogen) atoms. The molecule has 0 bridgehead atoms. The van der Waals surface area contributed by atoms with Crippen molar-refractivity contribution in [2.75, 3.05) is 24.2 Å². The number of hydrogen-bond acceptors (Lipinski definition) is 5. The van der Waals surface area contributed by atoms with Crippen LogP contribution in [0.3, 0.4) is 0 Å². The molecular weight excluding hydrogens is 574 g/mol. The van der Waals surface area contributed by atoms with Gasteiger partial charge in [-0.15, -0.1) is 0 Å². The molecule has 0 spiro atoms. The number of amides is 2. The molecule has 224 valence electrons. The molecular formula is C32H38ClN3O5S. The summed E-state index contributed by atoms with van der Waals surface area (Å²) < 4.78 is 32.5. The van der Waals surface area contributed by atoms with Crippen LogP contribution in [0.2, 0.25) is 5.02 Å². The van der Waals surface area contributed by atoms with Crippen LogP contribution in [-0.2, 0) is 32.6 Å². The Morgan fingerprint density at radius 3 is 2.26 bits per heavy atom. The summed E-state index contributed by atoms with van der Waals surface area (Å²) in [6.07, 6.45) is 6.29. The lowest BCUT2D eigenvalue weighted by molar-refractivity contribution is -0.140. The summed E-state index contributed by atoms with van der Waals surface area (Å²) >= 11 is 6.53. The topological polar surface area (TPSA) is 96.0 Å². The average molecular weight is 612 g/mol. The van der Waals surface area contributed by atoms with Gasteiger partial charge in [0.1, 0.15) is 18.3 Å². The molecule has 8 nitrogen and oxygen atoms in total. The largest absolute Gasteiger partial charge is 0.495 e. The van der Waals surface area contributed by atoms with Gasteiger partial charge in [0.2, 0.25) is 21.8 Å². The molecule has 2 amide bonds. The highest BCUT2D eigenvalue weighted by atomic mass is 35.5. The lowest BCUT2D eigenvalue weighted by Gasteiger charge is -2.35. The zero-order chi connectivity index (χ0) is 30.1. The van der Waals surface area contributed by atoms with Crippen LogP contribution < -0.4 is 14.4 Å². The Bertz CT molecular complexity index is 1460. The molecule has 0 saturated heterocycles. The quantitative estimate of drug-likeness (QED) is 0.304. The number of halogens is 1. The molecule has 0 aromatic heterocycles. The Morgan fingerprint density at radius 2 is 1.60 bits per heavy atom. The first-order valence-electron chi connectivity index (χ1n) is 14.1. The van der Waals surface area contributed by atoms with Crippen molar-refractivity contribution in [1.82, 2.24) is 10.2 Å². The van der Waals surface area contributed by atoms with E-state index in [-0.39, 0.29) is 30.6 Å². The van der Waals surface area contributed by atoms with Crippen molar-refractivity contribution < 1.29 is 22.7 Å². The fraction of sp³-hybridized carbons (Fsp3) is 0.375. The monoisotopic (exact) mass is 611 g/mol. The second kappa shape index (κ2) is 14.6. The van der Waals surface area contributed by atoms with Crippen LogP contribution in [0, 0.1) is 0 Å². The van der Waals surface area contributed by atoms with Gasteiger partial charge in [-0.05, 0) is 42.2 Å². The molecule has 4 rings (SSSR count). The van der Waals surface area contributed by atoms with Crippen molar-refractivity contribution in [1.29, 1.82) is 0 Å². The van der Waals surface area contributed by atoms with Gasteiger partial charge in [0.15, 0.2) is 0 Å².